The van der Waals surface area contributed by atoms with Crippen LogP contribution in [0, 0.1) is 0 Å². The van der Waals surface area contributed by atoms with E-state index in [-0.39, 0.29) is 0 Å². The maximum Gasteiger partial charge on any atom is 0.222 e. The Balaban J connectivity index is 1.69. The van der Waals surface area contributed by atoms with E-state index in [2.05, 4.69) is 5.32 Å². The van der Waals surface area contributed by atoms with Crippen LogP contribution in [0.15, 0.2) is 0 Å². The third-order valence-electron chi connectivity index (χ3n) is 5.00. The highest BCUT2D eigenvalue weighted by Crippen LogP contribution is 2.23. The van der Waals surface area contributed by atoms with E-state index in [0.717, 1.165) is 32.3 Å². The zero-order valence-electron chi connectivity index (χ0n) is 13.1. The average molecular weight is 282 g/mol. The van der Waals surface area contributed by atoms with Crippen molar-refractivity contribution in [1.82, 2.24) is 10.2 Å². The quantitative estimate of drug-likeness (QED) is 0.841. The maximum atomic E-state index is 12.3. The van der Waals surface area contributed by atoms with Gasteiger partial charge in [-0.15, -0.1) is 0 Å². The molecule has 0 aromatic carbocycles. The van der Waals surface area contributed by atoms with Gasteiger partial charge in [-0.2, -0.15) is 0 Å². The van der Waals surface area contributed by atoms with E-state index >= 15 is 0 Å². The van der Waals surface area contributed by atoms with Crippen molar-refractivity contribution in [3.8, 4) is 0 Å². The summed E-state index contributed by atoms with van der Waals surface area (Å²) < 4.78 is 5.70. The van der Waals surface area contributed by atoms with Crippen LogP contribution < -0.4 is 5.32 Å². The van der Waals surface area contributed by atoms with Crippen molar-refractivity contribution in [3.63, 3.8) is 0 Å². The van der Waals surface area contributed by atoms with Gasteiger partial charge in [0.2, 0.25) is 5.91 Å². The van der Waals surface area contributed by atoms with Crippen molar-refractivity contribution in [2.75, 3.05) is 20.7 Å². The molecule has 2 aliphatic rings. The first-order chi connectivity index (χ1) is 9.70. The number of hydrogen-bond acceptors (Lipinski definition) is 3. The topological polar surface area (TPSA) is 41.6 Å². The molecule has 2 fully saturated rings. The van der Waals surface area contributed by atoms with E-state index in [1.54, 1.807) is 0 Å². The molecule has 0 bridgehead atoms. The summed E-state index contributed by atoms with van der Waals surface area (Å²) in [6.45, 7) is 0.878. The molecule has 1 heterocycles. The molecule has 4 nitrogen and oxygen atoms in total. The van der Waals surface area contributed by atoms with Crippen molar-refractivity contribution < 1.29 is 9.53 Å². The summed E-state index contributed by atoms with van der Waals surface area (Å²) >= 11 is 0. The molecule has 1 atom stereocenters. The summed E-state index contributed by atoms with van der Waals surface area (Å²) in [6.07, 6.45) is 10.1. The van der Waals surface area contributed by atoms with Crippen LogP contribution in [0.4, 0.5) is 0 Å². The fourth-order valence-corrected chi connectivity index (χ4v) is 3.45. The van der Waals surface area contributed by atoms with Crippen molar-refractivity contribution in [2.24, 2.45) is 0 Å². The summed E-state index contributed by atoms with van der Waals surface area (Å²) in [4.78, 5) is 14.3. The predicted octanol–water partition coefficient (Wildman–Crippen LogP) is 2.32. The maximum absolute atomic E-state index is 12.3. The Morgan fingerprint density at radius 3 is 2.55 bits per heavy atom. The van der Waals surface area contributed by atoms with Crippen LogP contribution in [-0.2, 0) is 9.53 Å². The van der Waals surface area contributed by atoms with Gasteiger partial charge in [0.15, 0.2) is 0 Å². The van der Waals surface area contributed by atoms with Gasteiger partial charge in [0.05, 0.1) is 6.10 Å². The Morgan fingerprint density at radius 2 is 1.95 bits per heavy atom. The van der Waals surface area contributed by atoms with Gasteiger partial charge in [-0.3, -0.25) is 4.79 Å². The van der Waals surface area contributed by atoms with Crippen LogP contribution in [0.25, 0.3) is 0 Å². The molecule has 0 aromatic rings. The number of amides is 1. The van der Waals surface area contributed by atoms with E-state index in [4.69, 9.17) is 4.74 Å². The minimum atomic E-state index is 0.298. The third kappa shape index (κ3) is 4.45. The fourth-order valence-electron chi connectivity index (χ4n) is 3.45. The standard InChI is InChI=1S/C16H30N2O2/c1-17-13-6-8-14(9-7-13)18(2)16(19)11-10-15-5-3-4-12-20-15/h13-15,17H,3-12H2,1-2H3. The van der Waals surface area contributed by atoms with Crippen LogP contribution in [0.3, 0.4) is 0 Å². The first-order valence-electron chi connectivity index (χ1n) is 8.25. The number of nitrogens with zero attached hydrogens (tertiary/aromatic N) is 1. The van der Waals surface area contributed by atoms with Gasteiger partial charge in [-0.1, -0.05) is 0 Å². The lowest BCUT2D eigenvalue weighted by Crippen LogP contribution is -2.42. The normalized spacial score (nSPS) is 31.0. The lowest BCUT2D eigenvalue weighted by atomic mass is 9.90. The predicted molar refractivity (Wildman–Crippen MR) is 80.7 cm³/mol. The van der Waals surface area contributed by atoms with Gasteiger partial charge >= 0.3 is 0 Å². The minimum absolute atomic E-state index is 0.298. The second kappa shape index (κ2) is 7.99. The Hall–Kier alpha value is -0.610. The van der Waals surface area contributed by atoms with Gasteiger partial charge in [0.25, 0.3) is 0 Å². The number of hydrogen-bond donors (Lipinski definition) is 1. The van der Waals surface area contributed by atoms with Crippen LogP contribution in [0.1, 0.15) is 57.8 Å². The number of ether oxygens (including phenoxy) is 1. The van der Waals surface area contributed by atoms with E-state index in [9.17, 15) is 4.79 Å². The number of rotatable bonds is 5. The molecule has 0 aromatic heterocycles. The Morgan fingerprint density at radius 1 is 1.20 bits per heavy atom. The van der Waals surface area contributed by atoms with Crippen molar-refractivity contribution in [1.29, 1.82) is 0 Å². The fraction of sp³-hybridized carbons (Fsp3) is 0.938. The molecule has 1 saturated heterocycles. The zero-order chi connectivity index (χ0) is 14.4. The summed E-state index contributed by atoms with van der Waals surface area (Å²) in [6, 6.07) is 1.09. The van der Waals surface area contributed by atoms with Gasteiger partial charge < -0.3 is 15.0 Å². The minimum Gasteiger partial charge on any atom is -0.378 e. The highest BCUT2D eigenvalue weighted by atomic mass is 16.5. The van der Waals surface area contributed by atoms with E-state index in [1.807, 2.05) is 19.0 Å². The van der Waals surface area contributed by atoms with Gasteiger partial charge in [0.1, 0.15) is 0 Å². The SMILES string of the molecule is CNC1CCC(N(C)C(=O)CCC2CCCCO2)CC1. The molecule has 0 spiro atoms. The van der Waals surface area contributed by atoms with E-state index < -0.39 is 0 Å². The highest BCUT2D eigenvalue weighted by molar-refractivity contribution is 5.76. The van der Waals surface area contributed by atoms with Crippen LogP contribution in [0.5, 0.6) is 0 Å². The zero-order valence-corrected chi connectivity index (χ0v) is 13.1. The largest absolute Gasteiger partial charge is 0.378 e. The molecule has 1 aliphatic heterocycles. The van der Waals surface area contributed by atoms with Crippen molar-refractivity contribution in [2.45, 2.75) is 76.0 Å². The molecule has 1 aliphatic carbocycles. The molecule has 1 unspecified atom stereocenters. The molecule has 0 radical (unpaired) electrons. The second-order valence-corrected chi connectivity index (χ2v) is 6.33. The first-order valence-corrected chi connectivity index (χ1v) is 8.25. The summed E-state index contributed by atoms with van der Waals surface area (Å²) in [7, 11) is 4.01. The highest BCUT2D eigenvalue weighted by Gasteiger charge is 2.26. The summed E-state index contributed by atoms with van der Waals surface area (Å²) in [5.41, 5.74) is 0. The summed E-state index contributed by atoms with van der Waals surface area (Å²) in [5.74, 6) is 0.298. The molecule has 2 rings (SSSR count). The number of carbonyl (C=O) groups is 1. The number of carbonyl (C=O) groups excluding carboxylic acids is 1. The van der Waals surface area contributed by atoms with E-state index in [0.29, 0.717) is 30.5 Å². The molecule has 1 N–H and O–H groups in total. The van der Waals surface area contributed by atoms with Crippen molar-refractivity contribution >= 4 is 5.91 Å². The van der Waals surface area contributed by atoms with Crippen LogP contribution in [-0.4, -0.2) is 49.7 Å². The van der Waals surface area contributed by atoms with Crippen LogP contribution >= 0.6 is 0 Å². The molecule has 1 saturated carbocycles. The Labute approximate surface area is 123 Å². The molecular formula is C16H30N2O2. The van der Waals surface area contributed by atoms with Gasteiger partial charge in [-0.05, 0) is 58.4 Å². The van der Waals surface area contributed by atoms with Gasteiger partial charge in [-0.25, -0.2) is 0 Å². The van der Waals surface area contributed by atoms with Gasteiger partial charge in [0, 0.05) is 32.2 Å². The molecule has 116 valence electrons. The summed E-state index contributed by atoms with van der Waals surface area (Å²) in [5, 5.41) is 3.34. The molecule has 4 heteroatoms. The first kappa shape index (κ1) is 15.8. The average Bonchev–Trinajstić information content (AvgIpc) is 2.53. The second-order valence-electron chi connectivity index (χ2n) is 6.33. The third-order valence-corrected chi connectivity index (χ3v) is 5.00. The lowest BCUT2D eigenvalue weighted by molar-refractivity contribution is -0.133. The lowest BCUT2D eigenvalue weighted by Gasteiger charge is -2.35. The number of nitrogens with one attached hydrogen (secondary N) is 1. The Bertz CT molecular complexity index is 295. The molecular weight excluding hydrogens is 252 g/mol. The monoisotopic (exact) mass is 282 g/mol. The smallest absolute Gasteiger partial charge is 0.222 e. The Kier molecular flexibility index (Phi) is 6.30. The van der Waals surface area contributed by atoms with Crippen LogP contribution in [0.2, 0.25) is 0 Å². The van der Waals surface area contributed by atoms with Crippen molar-refractivity contribution in [3.05, 3.63) is 0 Å². The molecule has 20 heavy (non-hydrogen) atoms. The van der Waals surface area contributed by atoms with E-state index in [1.165, 1.54) is 25.7 Å². The molecule has 1 amide bonds.